The number of ether oxygens (including phenoxy) is 3. The lowest BCUT2D eigenvalue weighted by atomic mass is 10.1. The largest absolute Gasteiger partial charge is 0.493 e. The van der Waals surface area contributed by atoms with E-state index in [1.165, 1.54) is 7.11 Å². The van der Waals surface area contributed by atoms with Crippen LogP contribution in [-0.4, -0.2) is 43.9 Å². The number of benzene rings is 1. The van der Waals surface area contributed by atoms with E-state index in [9.17, 15) is 9.59 Å². The molecule has 1 heterocycles. The highest BCUT2D eigenvalue weighted by atomic mass is 16.6. The van der Waals surface area contributed by atoms with Gasteiger partial charge in [-0.05, 0) is 18.6 Å². The minimum atomic E-state index is -0.884. The monoisotopic (exact) mass is 295 g/mol. The van der Waals surface area contributed by atoms with Gasteiger partial charge in [-0.25, -0.2) is 0 Å². The second-order valence-corrected chi connectivity index (χ2v) is 4.46. The highest BCUT2D eigenvalue weighted by Crippen LogP contribution is 2.40. The number of rotatable bonds is 6. The first-order valence-electron chi connectivity index (χ1n) is 6.59. The van der Waals surface area contributed by atoms with Gasteiger partial charge in [0, 0.05) is 18.5 Å². The highest BCUT2D eigenvalue weighted by molar-refractivity contribution is 5.95. The molecule has 1 aliphatic rings. The molecule has 1 aromatic carbocycles. The van der Waals surface area contributed by atoms with Crippen LogP contribution < -0.4 is 19.5 Å². The summed E-state index contributed by atoms with van der Waals surface area (Å²) in [6.45, 7) is 1.14. The Bertz CT molecular complexity index is 525. The maximum atomic E-state index is 12.0. The molecule has 0 fully saturated rings. The fourth-order valence-electron chi connectivity index (χ4n) is 1.95. The minimum absolute atomic E-state index is 0.0186. The van der Waals surface area contributed by atoms with E-state index in [1.54, 1.807) is 12.1 Å². The molecule has 0 saturated heterocycles. The van der Waals surface area contributed by atoms with Gasteiger partial charge in [0.05, 0.1) is 7.11 Å². The average molecular weight is 295 g/mol. The number of carboxylic acid groups (broad SMARTS) is 1. The molecule has 0 unspecified atom stereocenters. The number of amides is 1. The Balaban J connectivity index is 2.05. The van der Waals surface area contributed by atoms with Gasteiger partial charge in [0.1, 0.15) is 13.2 Å². The standard InChI is InChI=1S/C14H17NO6/c1-19-10-7-9(8-11-13(10)21-6-5-20-11)14(18)15-4-2-3-12(16)17/h7-8H,2-6H2,1H3,(H,15,18)(H,16,17). The van der Waals surface area contributed by atoms with Gasteiger partial charge < -0.3 is 24.6 Å². The van der Waals surface area contributed by atoms with Crippen LogP contribution in [0.5, 0.6) is 17.2 Å². The molecule has 7 nitrogen and oxygen atoms in total. The number of fused-ring (bicyclic) bond motifs is 1. The van der Waals surface area contributed by atoms with Gasteiger partial charge in [-0.3, -0.25) is 9.59 Å². The number of hydrogen-bond donors (Lipinski definition) is 2. The van der Waals surface area contributed by atoms with Crippen molar-refractivity contribution in [1.29, 1.82) is 0 Å². The van der Waals surface area contributed by atoms with Gasteiger partial charge in [-0.2, -0.15) is 0 Å². The summed E-state index contributed by atoms with van der Waals surface area (Å²) < 4.78 is 16.1. The van der Waals surface area contributed by atoms with E-state index in [4.69, 9.17) is 19.3 Å². The van der Waals surface area contributed by atoms with Crippen LogP contribution >= 0.6 is 0 Å². The molecule has 0 radical (unpaired) electrons. The molecule has 0 aromatic heterocycles. The third-order valence-electron chi connectivity index (χ3n) is 2.94. The maximum absolute atomic E-state index is 12.0. The van der Waals surface area contributed by atoms with Crippen LogP contribution in [0.3, 0.4) is 0 Å². The van der Waals surface area contributed by atoms with Crippen molar-refractivity contribution in [2.45, 2.75) is 12.8 Å². The average Bonchev–Trinajstić information content (AvgIpc) is 2.50. The summed E-state index contributed by atoms with van der Waals surface area (Å²) in [5, 5.41) is 11.2. The molecule has 1 amide bonds. The van der Waals surface area contributed by atoms with Crippen LogP contribution in [0.25, 0.3) is 0 Å². The zero-order valence-electron chi connectivity index (χ0n) is 11.7. The maximum Gasteiger partial charge on any atom is 0.303 e. The van der Waals surface area contributed by atoms with Crippen molar-refractivity contribution in [2.24, 2.45) is 0 Å². The Hall–Kier alpha value is -2.44. The molecule has 1 aromatic rings. The number of hydrogen-bond acceptors (Lipinski definition) is 5. The molecule has 0 bridgehead atoms. The topological polar surface area (TPSA) is 94.1 Å². The minimum Gasteiger partial charge on any atom is -0.493 e. The van der Waals surface area contributed by atoms with Crippen LogP contribution in [0.1, 0.15) is 23.2 Å². The Morgan fingerprint density at radius 1 is 1.33 bits per heavy atom. The number of methoxy groups -OCH3 is 1. The van der Waals surface area contributed by atoms with E-state index in [0.717, 1.165) is 0 Å². The van der Waals surface area contributed by atoms with Crippen molar-refractivity contribution in [2.75, 3.05) is 26.9 Å². The van der Waals surface area contributed by atoms with Gasteiger partial charge in [0.25, 0.3) is 5.91 Å². The summed E-state index contributed by atoms with van der Waals surface area (Å²) in [5.41, 5.74) is 0.381. The fourth-order valence-corrected chi connectivity index (χ4v) is 1.95. The summed E-state index contributed by atoms with van der Waals surface area (Å²) in [7, 11) is 1.49. The van der Waals surface area contributed by atoms with Gasteiger partial charge >= 0.3 is 5.97 Å². The second-order valence-electron chi connectivity index (χ2n) is 4.46. The zero-order valence-corrected chi connectivity index (χ0v) is 11.7. The van der Waals surface area contributed by atoms with Gasteiger partial charge in [-0.1, -0.05) is 0 Å². The van der Waals surface area contributed by atoms with Gasteiger partial charge in [-0.15, -0.1) is 0 Å². The van der Waals surface area contributed by atoms with Crippen LogP contribution in [0.15, 0.2) is 12.1 Å². The summed E-state index contributed by atoms with van der Waals surface area (Å²) >= 11 is 0. The quantitative estimate of drug-likeness (QED) is 0.762. The van der Waals surface area contributed by atoms with Crippen LogP contribution in [0, 0.1) is 0 Å². The van der Waals surface area contributed by atoms with Crippen molar-refractivity contribution in [3.8, 4) is 17.2 Å². The third-order valence-corrected chi connectivity index (χ3v) is 2.94. The van der Waals surface area contributed by atoms with Gasteiger partial charge in [0.2, 0.25) is 5.75 Å². The second kappa shape index (κ2) is 6.83. The molecule has 7 heteroatoms. The lowest BCUT2D eigenvalue weighted by molar-refractivity contribution is -0.137. The molecule has 1 aliphatic heterocycles. The molecule has 0 aliphatic carbocycles. The van der Waals surface area contributed by atoms with E-state index in [1.807, 2.05) is 0 Å². The lowest BCUT2D eigenvalue weighted by Crippen LogP contribution is -2.25. The molecule has 2 rings (SSSR count). The van der Waals surface area contributed by atoms with E-state index in [-0.39, 0.29) is 12.3 Å². The molecule has 0 saturated carbocycles. The van der Waals surface area contributed by atoms with Crippen molar-refractivity contribution in [3.05, 3.63) is 17.7 Å². The summed E-state index contributed by atoms with van der Waals surface area (Å²) in [6, 6.07) is 3.16. The molecule has 2 N–H and O–H groups in total. The number of aliphatic carboxylic acids is 1. The predicted octanol–water partition coefficient (Wildman–Crippen LogP) is 1.06. The van der Waals surface area contributed by atoms with E-state index >= 15 is 0 Å². The van der Waals surface area contributed by atoms with Gasteiger partial charge in [0.15, 0.2) is 11.5 Å². The zero-order chi connectivity index (χ0) is 15.2. The van der Waals surface area contributed by atoms with Crippen LogP contribution in [0.4, 0.5) is 0 Å². The number of carboxylic acids is 1. The van der Waals surface area contributed by atoms with Crippen molar-refractivity contribution < 1.29 is 28.9 Å². The van der Waals surface area contributed by atoms with Crippen molar-refractivity contribution >= 4 is 11.9 Å². The predicted molar refractivity (Wildman–Crippen MR) is 73.2 cm³/mol. The summed E-state index contributed by atoms with van der Waals surface area (Å²) in [6.07, 6.45) is 0.396. The van der Waals surface area contributed by atoms with Crippen LogP contribution in [0.2, 0.25) is 0 Å². The molecule has 0 spiro atoms. The normalized spacial score (nSPS) is 12.6. The third kappa shape index (κ3) is 3.77. The first-order chi connectivity index (χ1) is 10.1. The number of carbonyl (C=O) groups is 2. The summed E-state index contributed by atoms with van der Waals surface area (Å²) in [4.78, 5) is 22.4. The molecule has 114 valence electrons. The Morgan fingerprint density at radius 2 is 2.10 bits per heavy atom. The van der Waals surface area contributed by atoms with E-state index in [0.29, 0.717) is 49.0 Å². The molecule has 0 atom stereocenters. The first kappa shape index (κ1) is 15.0. The first-order valence-corrected chi connectivity index (χ1v) is 6.59. The summed E-state index contributed by atoms with van der Waals surface area (Å²) in [5.74, 6) is 0.200. The lowest BCUT2D eigenvalue weighted by Gasteiger charge is -2.21. The molecular formula is C14H17NO6. The van der Waals surface area contributed by atoms with Crippen molar-refractivity contribution in [1.82, 2.24) is 5.32 Å². The Labute approximate surface area is 121 Å². The highest BCUT2D eigenvalue weighted by Gasteiger charge is 2.20. The SMILES string of the molecule is COc1cc(C(=O)NCCCC(=O)O)cc2c1OCCO2. The Kier molecular flexibility index (Phi) is 4.86. The smallest absolute Gasteiger partial charge is 0.303 e. The molecular weight excluding hydrogens is 278 g/mol. The molecule has 21 heavy (non-hydrogen) atoms. The van der Waals surface area contributed by atoms with Crippen LogP contribution in [-0.2, 0) is 4.79 Å². The Morgan fingerprint density at radius 3 is 2.81 bits per heavy atom. The fraction of sp³-hybridized carbons (Fsp3) is 0.429. The van der Waals surface area contributed by atoms with E-state index < -0.39 is 5.97 Å². The van der Waals surface area contributed by atoms with Crippen molar-refractivity contribution in [3.63, 3.8) is 0 Å². The number of nitrogens with one attached hydrogen (secondary N) is 1. The number of carbonyl (C=O) groups excluding carboxylic acids is 1. The van der Waals surface area contributed by atoms with E-state index in [2.05, 4.69) is 5.32 Å².